The summed E-state index contributed by atoms with van der Waals surface area (Å²) in [6.45, 7) is 7.31. The number of nitrogens with zero attached hydrogens (tertiary/aromatic N) is 4. The van der Waals surface area contributed by atoms with Gasteiger partial charge in [-0.25, -0.2) is 4.79 Å². The van der Waals surface area contributed by atoms with Gasteiger partial charge >= 0.3 is 5.69 Å². The second-order valence-electron chi connectivity index (χ2n) is 10.0. The Morgan fingerprint density at radius 1 is 1.00 bits per heavy atom. The number of carbonyl (C=O) groups excluding carboxylic acids is 1. The average molecular weight is 528 g/mol. The number of aromatic nitrogens is 3. The fraction of sp³-hybridized carbons (Fsp3) is 0.323. The van der Waals surface area contributed by atoms with Crippen LogP contribution in [0.15, 0.2) is 83.7 Å². The summed E-state index contributed by atoms with van der Waals surface area (Å²) in [5.74, 6) is 1.08. The number of benzene rings is 3. The molecule has 4 aromatic rings. The molecule has 39 heavy (non-hydrogen) atoms. The van der Waals surface area contributed by atoms with E-state index in [-0.39, 0.29) is 17.5 Å². The van der Waals surface area contributed by atoms with E-state index in [9.17, 15) is 9.59 Å². The third kappa shape index (κ3) is 6.29. The Labute approximate surface area is 229 Å². The number of hydrogen-bond acceptors (Lipinski definition) is 5. The highest BCUT2D eigenvalue weighted by molar-refractivity contribution is 5.94. The van der Waals surface area contributed by atoms with Gasteiger partial charge in [0.25, 0.3) is 5.91 Å². The van der Waals surface area contributed by atoms with E-state index in [0.29, 0.717) is 48.9 Å². The number of amides is 1. The molecular formula is C31H37N5O3. The summed E-state index contributed by atoms with van der Waals surface area (Å²) >= 11 is 0. The molecular weight excluding hydrogens is 490 g/mol. The summed E-state index contributed by atoms with van der Waals surface area (Å²) in [4.78, 5) is 29.7. The molecule has 8 heteroatoms. The van der Waals surface area contributed by atoms with Crippen molar-refractivity contribution in [3.63, 3.8) is 0 Å². The summed E-state index contributed by atoms with van der Waals surface area (Å²) in [7, 11) is 1.60. The van der Waals surface area contributed by atoms with Gasteiger partial charge in [0.15, 0.2) is 5.82 Å². The number of ether oxygens (including phenoxy) is 1. The lowest BCUT2D eigenvalue weighted by Crippen LogP contribution is -2.40. The predicted molar refractivity (Wildman–Crippen MR) is 153 cm³/mol. The number of rotatable bonds is 11. The summed E-state index contributed by atoms with van der Waals surface area (Å²) in [6, 6.07) is 24.1. The van der Waals surface area contributed by atoms with E-state index < -0.39 is 6.04 Å². The van der Waals surface area contributed by atoms with Crippen molar-refractivity contribution in [2.45, 2.75) is 39.8 Å². The van der Waals surface area contributed by atoms with Crippen molar-refractivity contribution in [2.75, 3.05) is 20.2 Å². The zero-order chi connectivity index (χ0) is 27.9. The number of methoxy groups -OCH3 is 1. The lowest BCUT2D eigenvalue weighted by Gasteiger charge is -2.34. The zero-order valence-corrected chi connectivity index (χ0v) is 23.1. The fourth-order valence-electron chi connectivity index (χ4n) is 4.72. The Balaban J connectivity index is 1.87. The highest BCUT2D eigenvalue weighted by atomic mass is 16.5. The molecule has 0 spiro atoms. The van der Waals surface area contributed by atoms with E-state index in [1.807, 2.05) is 80.3 Å². The van der Waals surface area contributed by atoms with Gasteiger partial charge < -0.3 is 15.4 Å². The monoisotopic (exact) mass is 527 g/mol. The highest BCUT2D eigenvalue weighted by Crippen LogP contribution is 2.30. The number of nitrogens with two attached hydrogens (primary N) is 1. The molecule has 0 aliphatic carbocycles. The highest BCUT2D eigenvalue weighted by Gasteiger charge is 2.34. The van der Waals surface area contributed by atoms with Crippen LogP contribution >= 0.6 is 0 Å². The van der Waals surface area contributed by atoms with Gasteiger partial charge in [-0.1, -0.05) is 61.9 Å². The van der Waals surface area contributed by atoms with Crippen LogP contribution in [0, 0.1) is 12.8 Å². The Morgan fingerprint density at radius 2 is 1.67 bits per heavy atom. The number of hydrogen-bond donors (Lipinski definition) is 1. The minimum absolute atomic E-state index is 0.0298. The molecule has 1 unspecified atom stereocenters. The van der Waals surface area contributed by atoms with Crippen molar-refractivity contribution in [3.05, 3.63) is 112 Å². The molecule has 204 valence electrons. The lowest BCUT2D eigenvalue weighted by atomic mass is 9.99. The molecule has 0 saturated heterocycles. The topological polar surface area (TPSA) is 95.4 Å². The standard InChI is InChI=1S/C31H37N5O3/c1-22(2)28(34(20-8-19-32)30(37)25-13-11-23(3)12-14-25)29-33-36(26-15-17-27(39-4)18-16-26)31(38)35(29)21-24-9-6-5-7-10-24/h5-7,9-18,22,28H,8,19-21,32H2,1-4H3. The van der Waals surface area contributed by atoms with E-state index in [0.717, 1.165) is 11.1 Å². The van der Waals surface area contributed by atoms with Gasteiger partial charge in [0, 0.05) is 12.1 Å². The van der Waals surface area contributed by atoms with Crippen LogP contribution in [0.2, 0.25) is 0 Å². The molecule has 0 saturated carbocycles. The molecule has 1 atom stereocenters. The first kappa shape index (κ1) is 27.9. The average Bonchev–Trinajstić information content (AvgIpc) is 3.26. The molecule has 1 heterocycles. The Morgan fingerprint density at radius 3 is 2.26 bits per heavy atom. The van der Waals surface area contributed by atoms with Gasteiger partial charge in [0.05, 0.1) is 25.4 Å². The normalized spacial score (nSPS) is 11.9. The largest absolute Gasteiger partial charge is 0.497 e. The Hall–Kier alpha value is -4.17. The molecule has 0 aliphatic heterocycles. The van der Waals surface area contributed by atoms with Crippen molar-refractivity contribution >= 4 is 5.91 Å². The van der Waals surface area contributed by atoms with Crippen LogP contribution < -0.4 is 16.2 Å². The van der Waals surface area contributed by atoms with Crippen molar-refractivity contribution in [1.29, 1.82) is 0 Å². The van der Waals surface area contributed by atoms with Gasteiger partial charge in [0.2, 0.25) is 0 Å². The molecule has 8 nitrogen and oxygen atoms in total. The van der Waals surface area contributed by atoms with Crippen molar-refractivity contribution < 1.29 is 9.53 Å². The first-order valence-electron chi connectivity index (χ1n) is 13.3. The van der Waals surface area contributed by atoms with Gasteiger partial charge in [-0.05, 0) is 67.8 Å². The zero-order valence-electron chi connectivity index (χ0n) is 23.1. The maximum absolute atomic E-state index is 13.9. The van der Waals surface area contributed by atoms with Crippen LogP contribution in [0.1, 0.15) is 53.6 Å². The van der Waals surface area contributed by atoms with E-state index >= 15 is 0 Å². The third-order valence-electron chi connectivity index (χ3n) is 6.79. The smallest absolute Gasteiger partial charge is 0.351 e. The van der Waals surface area contributed by atoms with Crippen LogP contribution in [0.5, 0.6) is 5.75 Å². The van der Waals surface area contributed by atoms with Crippen LogP contribution in [0.4, 0.5) is 0 Å². The van der Waals surface area contributed by atoms with Crippen molar-refractivity contribution in [3.8, 4) is 11.4 Å². The van der Waals surface area contributed by atoms with Crippen LogP contribution in [0.25, 0.3) is 5.69 Å². The SMILES string of the molecule is COc1ccc(-n2nc(C(C(C)C)N(CCCN)C(=O)c3ccc(C)cc3)n(Cc3ccccc3)c2=O)cc1. The van der Waals surface area contributed by atoms with E-state index in [2.05, 4.69) is 0 Å². The number of carbonyl (C=O) groups is 1. The maximum atomic E-state index is 13.9. The van der Waals surface area contributed by atoms with Crippen LogP contribution in [-0.4, -0.2) is 45.4 Å². The molecule has 1 amide bonds. The summed E-state index contributed by atoms with van der Waals surface area (Å²) in [5, 5.41) is 4.87. The minimum Gasteiger partial charge on any atom is -0.497 e. The maximum Gasteiger partial charge on any atom is 0.351 e. The molecule has 0 aliphatic rings. The van der Waals surface area contributed by atoms with Gasteiger partial charge in [-0.15, -0.1) is 5.10 Å². The molecule has 3 aromatic carbocycles. The molecule has 2 N–H and O–H groups in total. The minimum atomic E-state index is -0.457. The fourth-order valence-corrected chi connectivity index (χ4v) is 4.72. The first-order valence-corrected chi connectivity index (χ1v) is 13.3. The molecule has 0 radical (unpaired) electrons. The van der Waals surface area contributed by atoms with Gasteiger partial charge in [-0.3, -0.25) is 9.36 Å². The number of aryl methyl sites for hydroxylation is 1. The Kier molecular flexibility index (Phi) is 8.99. The third-order valence-corrected chi connectivity index (χ3v) is 6.79. The van der Waals surface area contributed by atoms with Gasteiger partial charge in [0.1, 0.15) is 5.75 Å². The summed E-state index contributed by atoms with van der Waals surface area (Å²) in [5.41, 5.74) is 8.88. The summed E-state index contributed by atoms with van der Waals surface area (Å²) < 4.78 is 8.38. The second kappa shape index (κ2) is 12.6. The molecule has 4 rings (SSSR count). The molecule has 1 aromatic heterocycles. The summed E-state index contributed by atoms with van der Waals surface area (Å²) in [6.07, 6.45) is 0.628. The molecule has 0 bridgehead atoms. The first-order chi connectivity index (χ1) is 18.8. The Bertz CT molecular complexity index is 1420. The quantitative estimate of drug-likeness (QED) is 0.308. The van der Waals surface area contributed by atoms with Crippen molar-refractivity contribution in [1.82, 2.24) is 19.2 Å². The molecule has 0 fully saturated rings. The van der Waals surface area contributed by atoms with Gasteiger partial charge in [-0.2, -0.15) is 4.68 Å². The van der Waals surface area contributed by atoms with E-state index in [1.165, 1.54) is 4.68 Å². The van der Waals surface area contributed by atoms with E-state index in [1.54, 1.807) is 35.9 Å². The lowest BCUT2D eigenvalue weighted by molar-refractivity contribution is 0.0603. The van der Waals surface area contributed by atoms with Crippen molar-refractivity contribution in [2.24, 2.45) is 11.7 Å². The van der Waals surface area contributed by atoms with E-state index in [4.69, 9.17) is 15.6 Å². The predicted octanol–water partition coefficient (Wildman–Crippen LogP) is 4.59. The van der Waals surface area contributed by atoms with Crippen LogP contribution in [-0.2, 0) is 6.54 Å². The van der Waals surface area contributed by atoms with Crippen LogP contribution in [0.3, 0.4) is 0 Å². The second-order valence-corrected chi connectivity index (χ2v) is 10.0.